The van der Waals surface area contributed by atoms with Gasteiger partial charge in [-0.15, -0.1) is 0 Å². The molecule has 0 atom stereocenters. The zero-order chi connectivity index (χ0) is 14.5. The fourth-order valence-electron chi connectivity index (χ4n) is 1.58. The van der Waals surface area contributed by atoms with Crippen molar-refractivity contribution in [3.63, 3.8) is 0 Å². The molecule has 0 bridgehead atoms. The summed E-state index contributed by atoms with van der Waals surface area (Å²) in [6.07, 6.45) is 1.95. The average Bonchev–Trinajstić information content (AvgIpc) is 2.43. The minimum atomic E-state index is 0.668. The highest BCUT2D eigenvalue weighted by atomic mass is 79.9. The number of rotatable bonds is 5. The molecule has 106 valence electrons. The molecule has 4 nitrogen and oxygen atoms in total. The monoisotopic (exact) mass is 372 g/mol. The van der Waals surface area contributed by atoms with E-state index in [1.54, 1.807) is 0 Å². The van der Waals surface area contributed by atoms with Gasteiger partial charge < -0.3 is 10.6 Å². The molecule has 2 aromatic rings. The Bertz CT molecular complexity index is 609. The molecule has 1 aromatic carbocycles. The van der Waals surface area contributed by atoms with E-state index in [1.807, 2.05) is 37.4 Å². The fourth-order valence-corrected chi connectivity index (χ4v) is 2.48. The van der Waals surface area contributed by atoms with E-state index in [-0.39, 0.29) is 0 Å². The fraction of sp³-hybridized carbons (Fsp3) is 0.231. The summed E-state index contributed by atoms with van der Waals surface area (Å²) in [5.74, 6) is 1.52. The lowest BCUT2D eigenvalue weighted by atomic mass is 10.3. The molecule has 1 heterocycles. The highest BCUT2D eigenvalue weighted by Gasteiger charge is 2.06. The second-order valence-electron chi connectivity index (χ2n) is 3.90. The third kappa shape index (κ3) is 4.01. The van der Waals surface area contributed by atoms with Gasteiger partial charge in [0.1, 0.15) is 11.6 Å². The van der Waals surface area contributed by atoms with Crippen LogP contribution in [0.5, 0.6) is 0 Å². The van der Waals surface area contributed by atoms with E-state index in [4.69, 9.17) is 11.6 Å². The molecular weight excluding hydrogens is 360 g/mol. The maximum absolute atomic E-state index is 6.01. The van der Waals surface area contributed by atoms with Crippen LogP contribution in [-0.4, -0.2) is 22.8 Å². The third-order valence-electron chi connectivity index (χ3n) is 2.44. The van der Waals surface area contributed by atoms with Crippen LogP contribution < -0.4 is 10.6 Å². The van der Waals surface area contributed by atoms with Gasteiger partial charge >= 0.3 is 0 Å². The molecule has 7 heteroatoms. The molecule has 0 aliphatic rings. The van der Waals surface area contributed by atoms with Crippen LogP contribution in [0.2, 0.25) is 5.02 Å². The van der Waals surface area contributed by atoms with Crippen molar-refractivity contribution in [1.29, 1.82) is 0 Å². The number of anilines is 3. The zero-order valence-electron chi connectivity index (χ0n) is 11.1. The van der Waals surface area contributed by atoms with Crippen molar-refractivity contribution in [2.24, 2.45) is 0 Å². The molecule has 1 aromatic heterocycles. The summed E-state index contributed by atoms with van der Waals surface area (Å²) in [6.45, 7) is 2.84. The second-order valence-corrected chi connectivity index (χ2v) is 5.97. The van der Waals surface area contributed by atoms with Gasteiger partial charge in [0.15, 0.2) is 5.16 Å². The number of halogens is 2. The van der Waals surface area contributed by atoms with E-state index in [0.29, 0.717) is 10.2 Å². The molecule has 0 unspecified atom stereocenters. The summed E-state index contributed by atoms with van der Waals surface area (Å²) in [7, 11) is 0. The minimum absolute atomic E-state index is 0.668. The number of nitrogens with one attached hydrogen (secondary N) is 2. The Labute approximate surface area is 135 Å². The summed E-state index contributed by atoms with van der Waals surface area (Å²) >= 11 is 11.0. The molecule has 0 amide bonds. The van der Waals surface area contributed by atoms with Crippen LogP contribution in [0.3, 0.4) is 0 Å². The number of thioether (sulfide) groups is 1. The Balaban J connectivity index is 2.32. The highest BCUT2D eigenvalue weighted by Crippen LogP contribution is 2.29. The summed E-state index contributed by atoms with van der Waals surface area (Å²) < 4.78 is 0.927. The predicted octanol–water partition coefficient (Wildman–Crippen LogP) is 4.79. The van der Waals surface area contributed by atoms with E-state index in [2.05, 4.69) is 36.5 Å². The van der Waals surface area contributed by atoms with Gasteiger partial charge in [0, 0.05) is 22.1 Å². The van der Waals surface area contributed by atoms with Crippen molar-refractivity contribution in [2.75, 3.05) is 23.4 Å². The van der Waals surface area contributed by atoms with Gasteiger partial charge in [-0.2, -0.15) is 0 Å². The van der Waals surface area contributed by atoms with Gasteiger partial charge in [-0.1, -0.05) is 23.4 Å². The molecular formula is C13H14BrClN4S. The largest absolute Gasteiger partial charge is 0.370 e. The first-order valence-electron chi connectivity index (χ1n) is 6.01. The maximum Gasteiger partial charge on any atom is 0.191 e. The molecule has 0 aliphatic carbocycles. The van der Waals surface area contributed by atoms with Crippen LogP contribution in [0.1, 0.15) is 6.92 Å². The first-order valence-corrected chi connectivity index (χ1v) is 8.41. The number of hydrogen-bond donors (Lipinski definition) is 2. The van der Waals surface area contributed by atoms with Crippen LogP contribution in [0.4, 0.5) is 17.3 Å². The van der Waals surface area contributed by atoms with Gasteiger partial charge in [-0.25, -0.2) is 9.97 Å². The zero-order valence-corrected chi connectivity index (χ0v) is 14.2. The third-order valence-corrected chi connectivity index (χ3v) is 3.91. The predicted molar refractivity (Wildman–Crippen MR) is 90.4 cm³/mol. The Morgan fingerprint density at radius 1 is 1.25 bits per heavy atom. The molecule has 0 saturated carbocycles. The van der Waals surface area contributed by atoms with E-state index in [0.717, 1.165) is 28.3 Å². The smallest absolute Gasteiger partial charge is 0.191 e. The van der Waals surface area contributed by atoms with Crippen LogP contribution in [0.15, 0.2) is 33.9 Å². The van der Waals surface area contributed by atoms with Gasteiger partial charge in [-0.05, 0) is 47.3 Å². The summed E-state index contributed by atoms with van der Waals surface area (Å²) in [6, 6.07) is 7.44. The molecule has 2 N–H and O–H groups in total. The van der Waals surface area contributed by atoms with Crippen molar-refractivity contribution in [3.8, 4) is 0 Å². The first kappa shape index (κ1) is 15.4. The Hall–Kier alpha value is -0.980. The molecule has 0 saturated heterocycles. The number of nitrogens with zero attached hydrogens (tertiary/aromatic N) is 2. The second kappa shape index (κ2) is 7.15. The van der Waals surface area contributed by atoms with E-state index in [1.165, 1.54) is 11.8 Å². The Morgan fingerprint density at radius 2 is 2.00 bits per heavy atom. The van der Waals surface area contributed by atoms with Crippen molar-refractivity contribution in [3.05, 3.63) is 33.8 Å². The molecule has 0 aliphatic heterocycles. The van der Waals surface area contributed by atoms with Crippen LogP contribution in [-0.2, 0) is 0 Å². The summed E-state index contributed by atoms with van der Waals surface area (Å²) in [4.78, 5) is 8.82. The lowest BCUT2D eigenvalue weighted by Gasteiger charge is -2.11. The topological polar surface area (TPSA) is 49.8 Å². The minimum Gasteiger partial charge on any atom is -0.370 e. The molecule has 0 radical (unpaired) electrons. The first-order chi connectivity index (χ1) is 9.62. The Kier molecular flexibility index (Phi) is 5.51. The van der Waals surface area contributed by atoms with E-state index < -0.39 is 0 Å². The van der Waals surface area contributed by atoms with Gasteiger partial charge in [0.2, 0.25) is 0 Å². The normalized spacial score (nSPS) is 10.4. The number of aromatic nitrogens is 2. The lowest BCUT2D eigenvalue weighted by molar-refractivity contribution is 0.967. The summed E-state index contributed by atoms with van der Waals surface area (Å²) in [5.41, 5.74) is 0.866. The summed E-state index contributed by atoms with van der Waals surface area (Å²) in [5, 5.41) is 7.82. The average molecular weight is 374 g/mol. The van der Waals surface area contributed by atoms with E-state index >= 15 is 0 Å². The number of benzene rings is 1. The van der Waals surface area contributed by atoms with Gasteiger partial charge in [0.05, 0.1) is 5.69 Å². The molecule has 2 rings (SSSR count). The SMILES string of the molecule is CCNc1cc(Nc2cc(Cl)ccc2Br)nc(SC)n1. The number of hydrogen-bond acceptors (Lipinski definition) is 5. The lowest BCUT2D eigenvalue weighted by Crippen LogP contribution is -2.03. The van der Waals surface area contributed by atoms with Crippen molar-refractivity contribution in [2.45, 2.75) is 12.1 Å². The quantitative estimate of drug-likeness (QED) is 0.583. The van der Waals surface area contributed by atoms with Gasteiger partial charge in [0.25, 0.3) is 0 Å². The molecule has 0 fully saturated rings. The van der Waals surface area contributed by atoms with Crippen molar-refractivity contribution in [1.82, 2.24) is 9.97 Å². The van der Waals surface area contributed by atoms with E-state index in [9.17, 15) is 0 Å². The van der Waals surface area contributed by atoms with Crippen molar-refractivity contribution >= 4 is 56.6 Å². The molecule has 0 spiro atoms. The van der Waals surface area contributed by atoms with Gasteiger partial charge in [-0.3, -0.25) is 0 Å². The van der Waals surface area contributed by atoms with Crippen LogP contribution in [0, 0.1) is 0 Å². The maximum atomic E-state index is 6.01. The molecule has 20 heavy (non-hydrogen) atoms. The standard InChI is InChI=1S/C13H14BrClN4S/c1-3-16-11-7-12(19-13(18-11)20-2)17-10-6-8(15)4-5-9(10)14/h4-7H,3H2,1-2H3,(H2,16,17,18,19). The highest BCUT2D eigenvalue weighted by molar-refractivity contribution is 9.10. The Morgan fingerprint density at radius 3 is 2.70 bits per heavy atom. The van der Waals surface area contributed by atoms with Crippen LogP contribution >= 0.6 is 39.3 Å². The van der Waals surface area contributed by atoms with Crippen LogP contribution in [0.25, 0.3) is 0 Å². The van der Waals surface area contributed by atoms with Crippen molar-refractivity contribution < 1.29 is 0 Å².